The average Bonchev–Trinajstić information content (AvgIpc) is 2.86. The van der Waals surface area contributed by atoms with Gasteiger partial charge in [0.15, 0.2) is 11.5 Å². The minimum Gasteiger partial charge on any atom is -0.340 e. The van der Waals surface area contributed by atoms with Gasteiger partial charge in [-0.1, -0.05) is 0 Å². The van der Waals surface area contributed by atoms with Crippen molar-refractivity contribution in [2.24, 2.45) is 0 Å². The van der Waals surface area contributed by atoms with E-state index < -0.39 is 0 Å². The lowest BCUT2D eigenvalue weighted by molar-refractivity contribution is -0.121. The Labute approximate surface area is 89.5 Å². The van der Waals surface area contributed by atoms with Crippen molar-refractivity contribution in [3.63, 3.8) is 0 Å². The molecule has 1 fully saturated rings. The second-order valence-electron chi connectivity index (χ2n) is 3.42. The summed E-state index contributed by atoms with van der Waals surface area (Å²) in [5, 5.41) is 0. The van der Waals surface area contributed by atoms with Crippen LogP contribution in [-0.4, -0.2) is 31.8 Å². The first-order chi connectivity index (χ1) is 7.77. The van der Waals surface area contributed by atoms with Gasteiger partial charge in [0.2, 0.25) is 11.8 Å². The van der Waals surface area contributed by atoms with E-state index in [4.69, 9.17) is 0 Å². The highest BCUT2D eigenvalue weighted by Gasteiger charge is 2.32. The molecule has 0 saturated carbocycles. The molecule has 2 aromatic heterocycles. The Balaban J connectivity index is 2.22. The monoisotopic (exact) mass is 217 g/mol. The van der Waals surface area contributed by atoms with Crippen molar-refractivity contribution >= 4 is 28.8 Å². The number of nitrogens with zero attached hydrogens (tertiary/aromatic N) is 4. The highest BCUT2D eigenvalue weighted by Crippen LogP contribution is 2.24. The molecular formula is C9H7N5O2. The Hall–Kier alpha value is -2.31. The average molecular weight is 217 g/mol. The van der Waals surface area contributed by atoms with Crippen molar-refractivity contribution < 1.29 is 9.59 Å². The second kappa shape index (κ2) is 3.09. The van der Waals surface area contributed by atoms with Crippen molar-refractivity contribution in [2.45, 2.75) is 12.8 Å². The Bertz CT molecular complexity index is 574. The van der Waals surface area contributed by atoms with Gasteiger partial charge >= 0.3 is 0 Å². The summed E-state index contributed by atoms with van der Waals surface area (Å²) < 4.78 is 0. The molecule has 0 bridgehead atoms. The van der Waals surface area contributed by atoms with Gasteiger partial charge in [-0.3, -0.25) is 9.59 Å². The molecule has 1 N–H and O–H groups in total. The van der Waals surface area contributed by atoms with Crippen LogP contribution in [0.5, 0.6) is 0 Å². The van der Waals surface area contributed by atoms with Crippen LogP contribution in [0.15, 0.2) is 12.7 Å². The van der Waals surface area contributed by atoms with E-state index in [0.29, 0.717) is 11.2 Å². The standard InChI is InChI=1S/C9H7N5O2/c15-5-1-2-6(16)14(5)9-7-8(11-3-10-7)12-4-13-9/h3-4H,1-2H2,(H,10,11,12,13). The lowest BCUT2D eigenvalue weighted by atomic mass is 10.4. The minimum absolute atomic E-state index is 0.235. The number of carbonyl (C=O) groups excluding carboxylic acids is 2. The molecule has 7 nitrogen and oxygen atoms in total. The smallest absolute Gasteiger partial charge is 0.235 e. The number of carbonyl (C=O) groups is 2. The minimum atomic E-state index is -0.236. The van der Waals surface area contributed by atoms with Crippen LogP contribution in [0.1, 0.15) is 12.8 Å². The molecule has 7 heteroatoms. The highest BCUT2D eigenvalue weighted by molar-refractivity contribution is 6.21. The number of aromatic amines is 1. The number of hydrogen-bond donors (Lipinski definition) is 1. The zero-order valence-electron chi connectivity index (χ0n) is 8.17. The summed E-state index contributed by atoms with van der Waals surface area (Å²) in [6, 6.07) is 0. The van der Waals surface area contributed by atoms with Crippen molar-refractivity contribution in [2.75, 3.05) is 4.90 Å². The molecule has 1 aliphatic rings. The van der Waals surface area contributed by atoms with E-state index >= 15 is 0 Å². The lowest BCUT2D eigenvalue weighted by Crippen LogP contribution is -2.29. The van der Waals surface area contributed by atoms with Crippen LogP contribution >= 0.6 is 0 Å². The predicted octanol–water partition coefficient (Wildman–Crippen LogP) is 0.00630. The van der Waals surface area contributed by atoms with E-state index in [1.54, 1.807) is 0 Å². The van der Waals surface area contributed by atoms with Gasteiger partial charge in [-0.15, -0.1) is 0 Å². The van der Waals surface area contributed by atoms with E-state index in [-0.39, 0.29) is 30.5 Å². The number of anilines is 1. The maximum atomic E-state index is 11.6. The molecule has 0 unspecified atom stereocenters. The van der Waals surface area contributed by atoms with Crippen LogP contribution in [0.3, 0.4) is 0 Å². The third-order valence-electron chi connectivity index (χ3n) is 2.47. The van der Waals surface area contributed by atoms with E-state index in [1.807, 2.05) is 0 Å². The molecule has 0 spiro atoms. The van der Waals surface area contributed by atoms with Gasteiger partial charge in [0.05, 0.1) is 6.33 Å². The van der Waals surface area contributed by atoms with Crippen molar-refractivity contribution in [3.05, 3.63) is 12.7 Å². The van der Waals surface area contributed by atoms with Crippen LogP contribution < -0.4 is 4.90 Å². The van der Waals surface area contributed by atoms with Crippen molar-refractivity contribution in [3.8, 4) is 0 Å². The molecule has 0 aliphatic carbocycles. The number of H-pyrrole nitrogens is 1. The first-order valence-electron chi connectivity index (χ1n) is 4.77. The topological polar surface area (TPSA) is 91.8 Å². The second-order valence-corrected chi connectivity index (χ2v) is 3.42. The van der Waals surface area contributed by atoms with Gasteiger partial charge in [0, 0.05) is 12.8 Å². The van der Waals surface area contributed by atoms with Gasteiger partial charge < -0.3 is 4.98 Å². The van der Waals surface area contributed by atoms with Gasteiger partial charge in [-0.05, 0) is 0 Å². The summed E-state index contributed by atoms with van der Waals surface area (Å²) in [7, 11) is 0. The number of aromatic nitrogens is 4. The van der Waals surface area contributed by atoms with Crippen molar-refractivity contribution in [1.29, 1.82) is 0 Å². The number of imide groups is 1. The van der Waals surface area contributed by atoms with E-state index in [9.17, 15) is 9.59 Å². The third-order valence-corrected chi connectivity index (χ3v) is 2.47. The number of hydrogen-bond acceptors (Lipinski definition) is 5. The zero-order chi connectivity index (χ0) is 11.1. The molecule has 1 aliphatic heterocycles. The third kappa shape index (κ3) is 1.11. The Morgan fingerprint density at radius 2 is 1.88 bits per heavy atom. The fourth-order valence-electron chi connectivity index (χ4n) is 1.73. The molecule has 2 amide bonds. The van der Waals surface area contributed by atoms with Crippen LogP contribution in [0, 0.1) is 0 Å². The Kier molecular flexibility index (Phi) is 1.73. The summed E-state index contributed by atoms with van der Waals surface area (Å²) in [5.74, 6) is -0.186. The fourth-order valence-corrected chi connectivity index (χ4v) is 1.73. The Morgan fingerprint density at radius 1 is 1.12 bits per heavy atom. The number of fused-ring (bicyclic) bond motifs is 1. The lowest BCUT2D eigenvalue weighted by Gasteiger charge is -2.12. The van der Waals surface area contributed by atoms with E-state index in [1.165, 1.54) is 12.7 Å². The molecule has 16 heavy (non-hydrogen) atoms. The first kappa shape index (κ1) is 8.96. The van der Waals surface area contributed by atoms with Crippen LogP contribution in [0.25, 0.3) is 11.2 Å². The fraction of sp³-hybridized carbons (Fsp3) is 0.222. The summed E-state index contributed by atoms with van der Waals surface area (Å²) >= 11 is 0. The molecular weight excluding hydrogens is 210 g/mol. The molecule has 3 rings (SSSR count). The van der Waals surface area contributed by atoms with Gasteiger partial charge in [-0.25, -0.2) is 19.9 Å². The summed E-state index contributed by atoms with van der Waals surface area (Å²) in [4.78, 5) is 38.9. The molecule has 2 aromatic rings. The number of nitrogens with one attached hydrogen (secondary N) is 1. The molecule has 0 atom stereocenters. The number of amides is 2. The number of imidazole rings is 1. The zero-order valence-corrected chi connectivity index (χ0v) is 8.17. The molecule has 0 aromatic carbocycles. The normalized spacial score (nSPS) is 16.4. The highest BCUT2D eigenvalue weighted by atomic mass is 16.2. The van der Waals surface area contributed by atoms with Crippen LogP contribution in [-0.2, 0) is 9.59 Å². The van der Waals surface area contributed by atoms with E-state index in [0.717, 1.165) is 4.90 Å². The summed E-state index contributed by atoms with van der Waals surface area (Å²) in [6.45, 7) is 0. The quantitative estimate of drug-likeness (QED) is 0.679. The molecule has 1 saturated heterocycles. The maximum absolute atomic E-state index is 11.6. The number of rotatable bonds is 1. The predicted molar refractivity (Wildman–Crippen MR) is 53.4 cm³/mol. The summed E-state index contributed by atoms with van der Waals surface area (Å²) in [6.07, 6.45) is 3.21. The van der Waals surface area contributed by atoms with E-state index in [2.05, 4.69) is 19.9 Å². The van der Waals surface area contributed by atoms with Crippen molar-refractivity contribution in [1.82, 2.24) is 19.9 Å². The Morgan fingerprint density at radius 3 is 2.62 bits per heavy atom. The van der Waals surface area contributed by atoms with Crippen LogP contribution in [0.4, 0.5) is 5.82 Å². The van der Waals surface area contributed by atoms with Gasteiger partial charge in [-0.2, -0.15) is 0 Å². The molecule has 0 radical (unpaired) electrons. The summed E-state index contributed by atoms with van der Waals surface area (Å²) in [5.41, 5.74) is 0.948. The largest absolute Gasteiger partial charge is 0.340 e. The molecule has 3 heterocycles. The molecule has 80 valence electrons. The van der Waals surface area contributed by atoms with Crippen LogP contribution in [0.2, 0.25) is 0 Å². The van der Waals surface area contributed by atoms with Gasteiger partial charge in [0.25, 0.3) is 0 Å². The first-order valence-corrected chi connectivity index (χ1v) is 4.77. The SMILES string of the molecule is O=C1CCC(=O)N1c1ncnc2nc[nH]c12. The maximum Gasteiger partial charge on any atom is 0.235 e. The van der Waals surface area contributed by atoms with Gasteiger partial charge in [0.1, 0.15) is 11.8 Å².